The highest BCUT2D eigenvalue weighted by Crippen LogP contribution is 2.37. The van der Waals surface area contributed by atoms with Crippen LogP contribution in [-0.4, -0.2) is 68.0 Å². The Bertz CT molecular complexity index is 1460. The maximum absolute atomic E-state index is 13.5. The van der Waals surface area contributed by atoms with Crippen molar-refractivity contribution in [1.82, 2.24) is 30.4 Å². The van der Waals surface area contributed by atoms with E-state index >= 15 is 0 Å². The van der Waals surface area contributed by atoms with E-state index in [0.717, 1.165) is 54.3 Å². The Kier molecular flexibility index (Phi) is 6.88. The summed E-state index contributed by atoms with van der Waals surface area (Å²) in [5, 5.41) is 14.6. The van der Waals surface area contributed by atoms with Gasteiger partial charge in [-0.2, -0.15) is 5.10 Å². The lowest BCUT2D eigenvalue weighted by Crippen LogP contribution is -2.39. The minimum Gasteiger partial charge on any atom is -0.493 e. The number of H-pyrrole nitrogens is 1. The van der Waals surface area contributed by atoms with Crippen LogP contribution in [0, 0.1) is 0 Å². The zero-order valence-corrected chi connectivity index (χ0v) is 22.7. The molecule has 1 unspecified atom stereocenters. The van der Waals surface area contributed by atoms with Gasteiger partial charge in [-0.25, -0.2) is 4.98 Å². The molecule has 1 fully saturated rings. The van der Waals surface area contributed by atoms with Gasteiger partial charge in [-0.15, -0.1) is 0 Å². The summed E-state index contributed by atoms with van der Waals surface area (Å²) >= 11 is 0. The van der Waals surface area contributed by atoms with Crippen molar-refractivity contribution in [2.24, 2.45) is 0 Å². The molecule has 3 atom stereocenters. The minimum absolute atomic E-state index is 0.0530. The van der Waals surface area contributed by atoms with E-state index in [4.69, 9.17) is 9.72 Å². The van der Waals surface area contributed by atoms with Gasteiger partial charge in [0.2, 0.25) is 0 Å². The number of para-hydroxylation sites is 1. The first-order valence-corrected chi connectivity index (χ1v) is 13.7. The van der Waals surface area contributed by atoms with Gasteiger partial charge >= 0.3 is 0 Å². The zero-order chi connectivity index (χ0) is 26.8. The van der Waals surface area contributed by atoms with Gasteiger partial charge in [0.15, 0.2) is 11.6 Å². The molecule has 197 valence electrons. The molecule has 0 aliphatic carbocycles. The van der Waals surface area contributed by atoms with Crippen LogP contribution >= 0.6 is 0 Å². The van der Waals surface area contributed by atoms with Crippen LogP contribution in [0.15, 0.2) is 73.1 Å². The minimum atomic E-state index is -0.472. The lowest BCUT2D eigenvalue weighted by atomic mass is 9.96. The monoisotopic (exact) mass is 536 g/mol. The van der Waals surface area contributed by atoms with Gasteiger partial charge in [-0.3, -0.25) is 14.9 Å². The van der Waals surface area contributed by atoms with Gasteiger partial charge in [0.1, 0.15) is 11.3 Å². The van der Waals surface area contributed by atoms with Crippen LogP contribution in [0.5, 0.6) is 5.75 Å². The molecule has 3 N–H and O–H groups in total. The number of ether oxygens (including phenoxy) is 1. The quantitative estimate of drug-likeness (QED) is 0.322. The number of amides is 1. The zero-order valence-electron chi connectivity index (χ0n) is 21.7. The van der Waals surface area contributed by atoms with Crippen LogP contribution in [0.1, 0.15) is 40.6 Å². The molecule has 1 saturated heterocycles. The number of nitrogens with one attached hydrogen (secondary N) is 3. The predicted molar refractivity (Wildman–Crippen MR) is 150 cm³/mol. The second-order valence-electron chi connectivity index (χ2n) is 10.3. The van der Waals surface area contributed by atoms with Crippen LogP contribution in [0.3, 0.4) is 0 Å². The molecule has 2 aromatic heterocycles. The number of anilines is 1. The molecule has 2 aliphatic rings. The molecule has 3 radical (unpaired) electrons. The third-order valence-electron chi connectivity index (χ3n) is 7.48. The number of fused-ring (bicyclic) bond motifs is 1. The maximum atomic E-state index is 13.5. The van der Waals surface area contributed by atoms with Gasteiger partial charge in [0.05, 0.1) is 12.6 Å². The Morgan fingerprint density at radius 3 is 2.82 bits per heavy atom. The third-order valence-corrected chi connectivity index (χ3v) is 8.10. The van der Waals surface area contributed by atoms with Crippen molar-refractivity contribution in [3.05, 3.63) is 90.0 Å². The molecule has 10 heteroatoms. The molecular formula is C29H30N7O2Si. The number of pyridine rings is 1. The number of hydrogen-bond acceptors (Lipinski definition) is 7. The van der Waals surface area contributed by atoms with E-state index in [2.05, 4.69) is 48.0 Å². The lowest BCUT2D eigenvalue weighted by Gasteiger charge is -2.29. The van der Waals surface area contributed by atoms with Crippen LogP contribution in [0.2, 0.25) is 5.54 Å². The summed E-state index contributed by atoms with van der Waals surface area (Å²) in [5.74, 6) is 2.07. The van der Waals surface area contributed by atoms with Crippen LogP contribution in [0.25, 0.3) is 11.4 Å². The second-order valence-corrected chi connectivity index (χ2v) is 11.0. The topological polar surface area (TPSA) is 108 Å². The van der Waals surface area contributed by atoms with E-state index in [1.807, 2.05) is 60.7 Å². The lowest BCUT2D eigenvalue weighted by molar-refractivity contribution is 0.0935. The predicted octanol–water partition coefficient (Wildman–Crippen LogP) is 3.72. The number of carbonyl (C=O) groups is 1. The molecule has 4 heterocycles. The summed E-state index contributed by atoms with van der Waals surface area (Å²) in [5.41, 5.74) is 2.89. The molecule has 0 spiro atoms. The van der Waals surface area contributed by atoms with E-state index < -0.39 is 5.54 Å². The van der Waals surface area contributed by atoms with E-state index in [1.54, 1.807) is 12.4 Å². The first kappa shape index (κ1) is 25.3. The maximum Gasteiger partial charge on any atom is 0.251 e. The first-order chi connectivity index (χ1) is 19.0. The van der Waals surface area contributed by atoms with E-state index in [1.165, 1.54) is 0 Å². The first-order valence-electron chi connectivity index (χ1n) is 13.1. The Balaban J connectivity index is 1.25. The molecule has 0 bridgehead atoms. The third kappa shape index (κ3) is 5.17. The number of carbonyl (C=O) groups excluding carboxylic acids is 1. The van der Waals surface area contributed by atoms with Crippen molar-refractivity contribution in [2.75, 3.05) is 32.1 Å². The van der Waals surface area contributed by atoms with E-state index in [-0.39, 0.29) is 17.5 Å². The van der Waals surface area contributed by atoms with Gasteiger partial charge in [-0.05, 0) is 61.8 Å². The molecule has 2 aliphatic heterocycles. The Morgan fingerprint density at radius 1 is 1.15 bits per heavy atom. The van der Waals surface area contributed by atoms with E-state index in [9.17, 15) is 4.79 Å². The standard InChI is InChI=1S/C29H30N7O2Si/c1-36-15-12-29(18-36,28-32-26(34-35-28)19-9-13-30-14-10-19)33-21-6-4-5-20(17-21)27(37)31-25-22-7-2-3-8-23(22)38-16-11-24(25)39/h2-10,13-14,17,24-25,33H,11-12,15-16,18H2,1H3,(H,31,37)(H,32,34,35)/t24?,25-,29-/m1/s1. The number of benzene rings is 2. The SMILES string of the molecule is CN1CC[C@](Nc2cccc(C(=O)N[C@@H]3c4ccccc4OCCC3[Si])c2)(c2nc(-c3ccncc3)n[nH]2)C1. The summed E-state index contributed by atoms with van der Waals surface area (Å²) in [7, 11) is 5.93. The van der Waals surface area contributed by atoms with Gasteiger partial charge in [0, 0.05) is 58.1 Å². The number of hydrogen-bond donors (Lipinski definition) is 3. The van der Waals surface area contributed by atoms with Crippen molar-refractivity contribution in [3.8, 4) is 17.1 Å². The highest BCUT2D eigenvalue weighted by molar-refractivity contribution is 6.12. The van der Waals surface area contributed by atoms with Crippen LogP contribution < -0.4 is 15.4 Å². The highest BCUT2D eigenvalue weighted by atomic mass is 28.1. The van der Waals surface area contributed by atoms with Crippen molar-refractivity contribution in [3.63, 3.8) is 0 Å². The molecule has 9 nitrogen and oxygen atoms in total. The Labute approximate surface area is 230 Å². The summed E-state index contributed by atoms with van der Waals surface area (Å²) in [6, 6.07) is 19.1. The Morgan fingerprint density at radius 2 is 2.00 bits per heavy atom. The molecule has 1 amide bonds. The largest absolute Gasteiger partial charge is 0.493 e. The summed E-state index contributed by atoms with van der Waals surface area (Å²) in [4.78, 5) is 24.7. The number of aromatic nitrogens is 4. The van der Waals surface area contributed by atoms with Crippen molar-refractivity contribution < 1.29 is 9.53 Å². The van der Waals surface area contributed by atoms with E-state index in [0.29, 0.717) is 18.0 Å². The fourth-order valence-electron chi connectivity index (χ4n) is 5.43. The van der Waals surface area contributed by atoms with Crippen LogP contribution in [-0.2, 0) is 5.54 Å². The number of rotatable bonds is 6. The average molecular weight is 537 g/mol. The van der Waals surface area contributed by atoms with Gasteiger partial charge < -0.3 is 20.3 Å². The van der Waals surface area contributed by atoms with Gasteiger partial charge in [0.25, 0.3) is 5.91 Å². The van der Waals surface area contributed by atoms with Crippen molar-refractivity contribution in [2.45, 2.75) is 30.0 Å². The normalized spacial score (nSPS) is 22.9. The summed E-state index contributed by atoms with van der Waals surface area (Å²) in [6.07, 6.45) is 5.09. The number of likely N-dealkylation sites (N-methyl/N-ethyl adjacent to an activating group) is 1. The fraction of sp³-hybridized carbons (Fsp3) is 0.310. The Hall–Kier alpha value is -4.02. The molecule has 0 saturated carbocycles. The highest BCUT2D eigenvalue weighted by Gasteiger charge is 2.41. The van der Waals surface area contributed by atoms with Crippen LogP contribution in [0.4, 0.5) is 5.69 Å². The summed E-state index contributed by atoms with van der Waals surface area (Å²) in [6.45, 7) is 2.25. The number of likely N-dealkylation sites (tertiary alicyclic amines) is 1. The second kappa shape index (κ2) is 10.6. The number of aromatic amines is 1. The van der Waals surface area contributed by atoms with Crippen molar-refractivity contribution in [1.29, 1.82) is 0 Å². The molecule has 2 aromatic carbocycles. The number of nitrogens with zero attached hydrogens (tertiary/aromatic N) is 4. The smallest absolute Gasteiger partial charge is 0.251 e. The van der Waals surface area contributed by atoms with Crippen molar-refractivity contribution >= 4 is 21.8 Å². The summed E-state index contributed by atoms with van der Waals surface area (Å²) < 4.78 is 5.91. The van der Waals surface area contributed by atoms with Gasteiger partial charge in [-0.1, -0.05) is 24.3 Å². The molecule has 4 aromatic rings. The molecule has 6 rings (SSSR count). The fourth-order valence-corrected chi connectivity index (χ4v) is 5.81. The molecular weight excluding hydrogens is 506 g/mol. The molecule has 39 heavy (non-hydrogen) atoms. The average Bonchev–Trinajstić information content (AvgIpc) is 3.57.